The van der Waals surface area contributed by atoms with Gasteiger partial charge in [0, 0.05) is 10.4 Å². The van der Waals surface area contributed by atoms with Crippen LogP contribution in [0.15, 0.2) is 24.0 Å². The van der Waals surface area contributed by atoms with Crippen molar-refractivity contribution in [1.82, 2.24) is 9.55 Å². The first-order valence-corrected chi connectivity index (χ1v) is 6.06. The van der Waals surface area contributed by atoms with Crippen LogP contribution in [0.5, 0.6) is 0 Å². The van der Waals surface area contributed by atoms with Gasteiger partial charge in [-0.3, -0.25) is 0 Å². The second-order valence-corrected chi connectivity index (χ2v) is 6.10. The lowest BCUT2D eigenvalue weighted by Gasteiger charge is -2.28. The van der Waals surface area contributed by atoms with Gasteiger partial charge in [0.1, 0.15) is 0 Å². The highest BCUT2D eigenvalue weighted by Crippen LogP contribution is 2.49. The Morgan fingerprint density at radius 3 is 2.93 bits per heavy atom. The number of nitrogens with zero attached hydrogens (tertiary/aromatic N) is 2. The molecule has 0 radical (unpaired) electrons. The van der Waals surface area contributed by atoms with Gasteiger partial charge in [-0.25, -0.2) is 4.98 Å². The van der Waals surface area contributed by atoms with Gasteiger partial charge >= 0.3 is 0 Å². The van der Waals surface area contributed by atoms with Crippen molar-refractivity contribution >= 4 is 11.3 Å². The van der Waals surface area contributed by atoms with Crippen molar-refractivity contribution in [2.75, 3.05) is 0 Å². The van der Waals surface area contributed by atoms with Crippen LogP contribution in [0.2, 0.25) is 0 Å². The number of rotatable bonds is 0. The van der Waals surface area contributed by atoms with Crippen molar-refractivity contribution in [1.29, 1.82) is 0 Å². The predicted octanol–water partition coefficient (Wildman–Crippen LogP) is 3.56. The Hall–Kier alpha value is -1.09. The minimum atomic E-state index is 0.242. The van der Waals surface area contributed by atoms with Gasteiger partial charge in [-0.2, -0.15) is 0 Å². The summed E-state index contributed by atoms with van der Waals surface area (Å²) in [6.45, 7) is 6.86. The molecular formula is C12H14N2S. The second-order valence-electron chi connectivity index (χ2n) is 5.15. The molecule has 78 valence electrons. The molecule has 2 aromatic rings. The zero-order valence-corrected chi connectivity index (χ0v) is 10.0. The van der Waals surface area contributed by atoms with Crippen LogP contribution in [-0.4, -0.2) is 9.55 Å². The Bertz CT molecular complexity index is 461. The molecule has 1 atom stereocenters. The van der Waals surface area contributed by atoms with E-state index in [1.807, 2.05) is 23.9 Å². The fourth-order valence-corrected chi connectivity index (χ4v) is 3.65. The largest absolute Gasteiger partial charge is 0.322 e. The third kappa shape index (κ3) is 1.13. The highest BCUT2D eigenvalue weighted by molar-refractivity contribution is 7.10. The Kier molecular flexibility index (Phi) is 1.67. The lowest BCUT2D eigenvalue weighted by atomic mass is 9.86. The maximum atomic E-state index is 4.25. The van der Waals surface area contributed by atoms with Crippen molar-refractivity contribution in [2.45, 2.75) is 26.8 Å². The zero-order valence-electron chi connectivity index (χ0n) is 9.19. The SMILES string of the molecule is CC(C)(C)[C@H]1c2sccc2-c2cncn21. The normalized spacial score (nSPS) is 19.0. The van der Waals surface area contributed by atoms with Crippen LogP contribution in [-0.2, 0) is 0 Å². The molecule has 1 aliphatic rings. The molecule has 2 aromatic heterocycles. The van der Waals surface area contributed by atoms with E-state index in [9.17, 15) is 0 Å². The van der Waals surface area contributed by atoms with Crippen molar-refractivity contribution in [3.8, 4) is 11.3 Å². The molecule has 15 heavy (non-hydrogen) atoms. The summed E-state index contributed by atoms with van der Waals surface area (Å²) in [5.41, 5.74) is 2.88. The van der Waals surface area contributed by atoms with Crippen molar-refractivity contribution < 1.29 is 0 Å². The van der Waals surface area contributed by atoms with E-state index >= 15 is 0 Å². The van der Waals surface area contributed by atoms with E-state index in [4.69, 9.17) is 0 Å². The molecule has 0 bridgehead atoms. The molecule has 0 unspecified atom stereocenters. The van der Waals surface area contributed by atoms with Crippen LogP contribution < -0.4 is 0 Å². The summed E-state index contributed by atoms with van der Waals surface area (Å²) in [5, 5.41) is 2.18. The number of hydrogen-bond donors (Lipinski definition) is 0. The van der Waals surface area contributed by atoms with Crippen LogP contribution in [0.25, 0.3) is 11.3 Å². The van der Waals surface area contributed by atoms with Crippen LogP contribution >= 0.6 is 11.3 Å². The first-order valence-electron chi connectivity index (χ1n) is 5.18. The lowest BCUT2D eigenvalue weighted by molar-refractivity contribution is 0.296. The molecule has 2 nitrogen and oxygen atoms in total. The molecule has 0 N–H and O–H groups in total. The Labute approximate surface area is 93.6 Å². The highest BCUT2D eigenvalue weighted by Gasteiger charge is 2.37. The summed E-state index contributed by atoms with van der Waals surface area (Å²) >= 11 is 1.86. The van der Waals surface area contributed by atoms with Gasteiger partial charge in [0.2, 0.25) is 0 Å². The average Bonchev–Trinajstić information content (AvgIpc) is 2.67. The first kappa shape index (κ1) is 9.16. The van der Waals surface area contributed by atoms with Crippen molar-refractivity contribution in [2.24, 2.45) is 5.41 Å². The van der Waals surface area contributed by atoms with Crippen LogP contribution in [0.4, 0.5) is 0 Å². The quantitative estimate of drug-likeness (QED) is 0.661. The van der Waals surface area contributed by atoms with Crippen molar-refractivity contribution in [3.05, 3.63) is 28.8 Å². The van der Waals surface area contributed by atoms with Crippen LogP contribution in [0.3, 0.4) is 0 Å². The summed E-state index contributed by atoms with van der Waals surface area (Å²) < 4.78 is 2.31. The number of imidazole rings is 1. The van der Waals surface area contributed by atoms with E-state index in [1.54, 1.807) is 0 Å². The number of hydrogen-bond acceptors (Lipinski definition) is 2. The molecule has 0 amide bonds. The van der Waals surface area contributed by atoms with E-state index in [2.05, 4.69) is 41.8 Å². The molecule has 0 saturated carbocycles. The summed E-state index contributed by atoms with van der Waals surface area (Å²) in [6, 6.07) is 2.66. The maximum absolute atomic E-state index is 4.25. The standard InChI is InChI=1S/C12H14N2S/c1-12(2,3)11-10-8(4-5-15-10)9-6-13-7-14(9)11/h4-7,11H,1-3H3/t11-/m1/s1. The molecule has 3 rings (SSSR count). The molecule has 0 spiro atoms. The summed E-state index contributed by atoms with van der Waals surface area (Å²) in [4.78, 5) is 5.74. The molecule has 1 aliphatic heterocycles. The zero-order chi connectivity index (χ0) is 10.6. The minimum Gasteiger partial charge on any atom is -0.322 e. The van der Waals surface area contributed by atoms with E-state index in [0.29, 0.717) is 6.04 Å². The monoisotopic (exact) mass is 218 g/mol. The molecule has 3 heterocycles. The Morgan fingerprint density at radius 1 is 1.40 bits per heavy atom. The van der Waals surface area contributed by atoms with Gasteiger partial charge in [-0.15, -0.1) is 11.3 Å². The van der Waals surface area contributed by atoms with E-state index in [1.165, 1.54) is 16.1 Å². The molecule has 0 aromatic carbocycles. The lowest BCUT2D eigenvalue weighted by Crippen LogP contribution is -2.21. The van der Waals surface area contributed by atoms with Gasteiger partial charge in [0.05, 0.1) is 24.3 Å². The number of aromatic nitrogens is 2. The Balaban J connectivity index is 2.28. The number of thiophene rings is 1. The summed E-state index contributed by atoms with van der Waals surface area (Å²) in [5.74, 6) is 0. The molecular weight excluding hydrogens is 204 g/mol. The average molecular weight is 218 g/mol. The highest BCUT2D eigenvalue weighted by atomic mass is 32.1. The molecule has 0 fully saturated rings. The smallest absolute Gasteiger partial charge is 0.0957 e. The topological polar surface area (TPSA) is 17.8 Å². The summed E-state index contributed by atoms with van der Waals surface area (Å²) in [6.07, 6.45) is 3.93. The molecule has 3 heteroatoms. The van der Waals surface area contributed by atoms with Gasteiger partial charge in [-0.1, -0.05) is 20.8 Å². The number of fused-ring (bicyclic) bond motifs is 3. The summed E-state index contributed by atoms with van der Waals surface area (Å²) in [7, 11) is 0. The van der Waals surface area contributed by atoms with Gasteiger partial charge < -0.3 is 4.57 Å². The minimum absolute atomic E-state index is 0.242. The third-order valence-electron chi connectivity index (χ3n) is 2.98. The maximum Gasteiger partial charge on any atom is 0.0957 e. The fourth-order valence-electron chi connectivity index (χ4n) is 2.40. The predicted molar refractivity (Wildman–Crippen MR) is 63.1 cm³/mol. The third-order valence-corrected chi connectivity index (χ3v) is 3.95. The molecule has 0 aliphatic carbocycles. The fraction of sp³-hybridized carbons (Fsp3) is 0.417. The van der Waals surface area contributed by atoms with E-state index < -0.39 is 0 Å². The van der Waals surface area contributed by atoms with E-state index in [0.717, 1.165) is 0 Å². The Morgan fingerprint density at radius 2 is 2.20 bits per heavy atom. The second kappa shape index (κ2) is 2.73. The molecule has 0 saturated heterocycles. The van der Waals surface area contributed by atoms with Crippen molar-refractivity contribution in [3.63, 3.8) is 0 Å². The van der Waals surface area contributed by atoms with Crippen LogP contribution in [0, 0.1) is 5.41 Å². The van der Waals surface area contributed by atoms with Crippen LogP contribution in [0.1, 0.15) is 31.7 Å². The van der Waals surface area contributed by atoms with Gasteiger partial charge in [0.15, 0.2) is 0 Å². The first-order chi connectivity index (χ1) is 7.09. The van der Waals surface area contributed by atoms with E-state index in [-0.39, 0.29) is 5.41 Å². The van der Waals surface area contributed by atoms with Gasteiger partial charge in [-0.05, 0) is 16.9 Å². The van der Waals surface area contributed by atoms with Gasteiger partial charge in [0.25, 0.3) is 0 Å².